The maximum atomic E-state index is 6.13. The topological polar surface area (TPSA) is 50.6 Å². The van der Waals surface area contributed by atoms with Crippen LogP contribution in [0.1, 0.15) is 23.6 Å². The Hall–Kier alpha value is -3.70. The highest BCUT2D eigenvalue weighted by Crippen LogP contribution is 2.36. The molecule has 6 heteroatoms. The van der Waals surface area contributed by atoms with Gasteiger partial charge in [-0.15, -0.1) is 10.2 Å². The van der Waals surface area contributed by atoms with Gasteiger partial charge in [0, 0.05) is 22.6 Å². The van der Waals surface area contributed by atoms with Crippen LogP contribution in [0.4, 0.5) is 5.82 Å². The second-order valence-corrected chi connectivity index (χ2v) is 7.97. The third kappa shape index (κ3) is 4.07. The van der Waals surface area contributed by atoms with Gasteiger partial charge in [-0.25, -0.2) is 5.01 Å². The Labute approximate surface area is 192 Å². The first kappa shape index (κ1) is 20.2. The molecule has 0 amide bonds. The van der Waals surface area contributed by atoms with Gasteiger partial charge in [0.05, 0.1) is 24.6 Å². The quantitative estimate of drug-likeness (QED) is 0.373. The SMILES string of the molecule is COc1cccc(C2=NN(c3ccc(-c4ccccc4)nn3)C(c3ccc(Cl)cc3)C2)c1. The van der Waals surface area contributed by atoms with E-state index in [-0.39, 0.29) is 6.04 Å². The molecule has 1 aliphatic rings. The first-order valence-electron chi connectivity index (χ1n) is 10.4. The Morgan fingerprint density at radius 3 is 2.34 bits per heavy atom. The molecular formula is C26H21ClN4O. The van der Waals surface area contributed by atoms with Crippen molar-refractivity contribution in [3.63, 3.8) is 0 Å². The Balaban J connectivity index is 1.52. The summed E-state index contributed by atoms with van der Waals surface area (Å²) in [5, 5.41) is 16.6. The van der Waals surface area contributed by atoms with Gasteiger partial charge < -0.3 is 4.74 Å². The molecule has 4 aromatic rings. The van der Waals surface area contributed by atoms with E-state index in [1.54, 1.807) is 7.11 Å². The van der Waals surface area contributed by atoms with Gasteiger partial charge >= 0.3 is 0 Å². The summed E-state index contributed by atoms with van der Waals surface area (Å²) in [4.78, 5) is 0. The summed E-state index contributed by atoms with van der Waals surface area (Å²) < 4.78 is 5.40. The Morgan fingerprint density at radius 1 is 0.844 bits per heavy atom. The number of halogens is 1. The molecule has 0 saturated heterocycles. The molecule has 0 aliphatic carbocycles. The van der Waals surface area contributed by atoms with Crippen molar-refractivity contribution in [2.24, 2.45) is 5.10 Å². The second-order valence-electron chi connectivity index (χ2n) is 7.54. The third-order valence-electron chi connectivity index (χ3n) is 5.52. The lowest BCUT2D eigenvalue weighted by atomic mass is 9.98. The lowest BCUT2D eigenvalue weighted by Gasteiger charge is -2.22. The fourth-order valence-corrected chi connectivity index (χ4v) is 3.98. The van der Waals surface area contributed by atoms with Crippen molar-refractivity contribution in [3.05, 3.63) is 107 Å². The Bertz CT molecular complexity index is 1240. The number of rotatable bonds is 5. The highest BCUT2D eigenvalue weighted by atomic mass is 35.5. The number of nitrogens with zero attached hydrogens (tertiary/aromatic N) is 4. The summed E-state index contributed by atoms with van der Waals surface area (Å²) in [6, 6.07) is 29.8. The van der Waals surface area contributed by atoms with Crippen LogP contribution in [0.25, 0.3) is 11.3 Å². The monoisotopic (exact) mass is 440 g/mol. The number of anilines is 1. The first-order chi connectivity index (χ1) is 15.7. The second kappa shape index (κ2) is 8.81. The fraction of sp³-hybridized carbons (Fsp3) is 0.115. The predicted octanol–water partition coefficient (Wildman–Crippen LogP) is 6.16. The van der Waals surface area contributed by atoms with Crippen LogP contribution < -0.4 is 9.75 Å². The van der Waals surface area contributed by atoms with Crippen molar-refractivity contribution in [2.45, 2.75) is 12.5 Å². The van der Waals surface area contributed by atoms with Crippen LogP contribution in [-0.4, -0.2) is 23.0 Å². The highest BCUT2D eigenvalue weighted by Gasteiger charge is 2.31. The fourth-order valence-electron chi connectivity index (χ4n) is 3.85. The smallest absolute Gasteiger partial charge is 0.172 e. The van der Waals surface area contributed by atoms with E-state index in [9.17, 15) is 0 Å². The molecule has 3 aromatic carbocycles. The summed E-state index contributed by atoms with van der Waals surface area (Å²) in [6.45, 7) is 0. The third-order valence-corrected chi connectivity index (χ3v) is 5.77. The number of hydrogen-bond donors (Lipinski definition) is 0. The van der Waals surface area contributed by atoms with E-state index in [0.717, 1.165) is 40.3 Å². The number of benzene rings is 3. The Kier molecular flexibility index (Phi) is 5.57. The molecule has 1 unspecified atom stereocenters. The molecule has 1 aliphatic heterocycles. The molecule has 0 N–H and O–H groups in total. The summed E-state index contributed by atoms with van der Waals surface area (Å²) >= 11 is 6.13. The van der Waals surface area contributed by atoms with Crippen molar-refractivity contribution in [1.82, 2.24) is 10.2 Å². The van der Waals surface area contributed by atoms with Gasteiger partial charge in [0.25, 0.3) is 0 Å². The summed E-state index contributed by atoms with van der Waals surface area (Å²) in [7, 11) is 1.67. The molecule has 0 spiro atoms. The van der Waals surface area contributed by atoms with E-state index in [4.69, 9.17) is 21.4 Å². The van der Waals surface area contributed by atoms with E-state index in [2.05, 4.69) is 10.2 Å². The van der Waals surface area contributed by atoms with Gasteiger partial charge in [0.15, 0.2) is 5.82 Å². The van der Waals surface area contributed by atoms with Crippen molar-refractivity contribution >= 4 is 23.1 Å². The average Bonchev–Trinajstić information content (AvgIpc) is 3.31. The molecule has 5 rings (SSSR count). The largest absolute Gasteiger partial charge is 0.497 e. The summed E-state index contributed by atoms with van der Waals surface area (Å²) in [5.41, 5.74) is 4.97. The standard InChI is InChI=1S/C26H21ClN4O/c1-32-22-9-5-8-20(16-22)24-17-25(19-10-12-21(27)13-11-19)31(30-24)26-15-14-23(28-29-26)18-6-3-2-4-7-18/h2-16,25H,17H2,1H3. The molecule has 32 heavy (non-hydrogen) atoms. The van der Waals surface area contributed by atoms with E-state index < -0.39 is 0 Å². The van der Waals surface area contributed by atoms with Crippen LogP contribution in [0, 0.1) is 0 Å². The zero-order chi connectivity index (χ0) is 21.9. The van der Waals surface area contributed by atoms with Crippen LogP contribution in [0.2, 0.25) is 5.02 Å². The summed E-state index contributed by atoms with van der Waals surface area (Å²) in [6.07, 6.45) is 0.733. The molecule has 1 aromatic heterocycles. The van der Waals surface area contributed by atoms with Crippen molar-refractivity contribution in [1.29, 1.82) is 0 Å². The van der Waals surface area contributed by atoms with Gasteiger partial charge in [-0.05, 0) is 42.0 Å². The van der Waals surface area contributed by atoms with Gasteiger partial charge in [-0.3, -0.25) is 0 Å². The number of hydrazone groups is 1. The highest BCUT2D eigenvalue weighted by molar-refractivity contribution is 6.30. The lowest BCUT2D eigenvalue weighted by molar-refractivity contribution is 0.414. The van der Waals surface area contributed by atoms with Crippen LogP contribution >= 0.6 is 11.6 Å². The zero-order valence-corrected chi connectivity index (χ0v) is 18.3. The van der Waals surface area contributed by atoms with E-state index in [0.29, 0.717) is 10.8 Å². The summed E-state index contributed by atoms with van der Waals surface area (Å²) in [5.74, 6) is 1.50. The van der Waals surface area contributed by atoms with Crippen molar-refractivity contribution in [3.8, 4) is 17.0 Å². The van der Waals surface area contributed by atoms with Gasteiger partial charge in [0.2, 0.25) is 0 Å². The van der Waals surface area contributed by atoms with E-state index in [1.165, 1.54) is 0 Å². The maximum absolute atomic E-state index is 6.13. The van der Waals surface area contributed by atoms with Gasteiger partial charge in [-0.1, -0.05) is 66.2 Å². The minimum atomic E-state index is -0.00894. The van der Waals surface area contributed by atoms with Crippen LogP contribution in [-0.2, 0) is 0 Å². The molecule has 1 atom stereocenters. The van der Waals surface area contributed by atoms with Gasteiger partial charge in [0.1, 0.15) is 5.75 Å². The normalized spacial score (nSPS) is 15.5. The first-order valence-corrected chi connectivity index (χ1v) is 10.7. The van der Waals surface area contributed by atoms with Crippen molar-refractivity contribution < 1.29 is 4.74 Å². The molecule has 0 saturated carbocycles. The molecule has 5 nitrogen and oxygen atoms in total. The zero-order valence-electron chi connectivity index (χ0n) is 17.5. The maximum Gasteiger partial charge on any atom is 0.172 e. The number of aromatic nitrogens is 2. The number of hydrogen-bond acceptors (Lipinski definition) is 5. The molecule has 0 bridgehead atoms. The molecule has 158 valence electrons. The Morgan fingerprint density at radius 2 is 1.62 bits per heavy atom. The van der Waals surface area contributed by atoms with E-state index >= 15 is 0 Å². The van der Waals surface area contributed by atoms with E-state index in [1.807, 2.05) is 96.0 Å². The minimum Gasteiger partial charge on any atom is -0.497 e. The lowest BCUT2D eigenvalue weighted by Crippen LogP contribution is -2.20. The molecule has 0 fully saturated rings. The van der Waals surface area contributed by atoms with Gasteiger partial charge in [-0.2, -0.15) is 5.10 Å². The van der Waals surface area contributed by atoms with Crippen molar-refractivity contribution in [2.75, 3.05) is 12.1 Å². The minimum absolute atomic E-state index is 0.00894. The van der Waals surface area contributed by atoms with Crippen LogP contribution in [0.15, 0.2) is 96.1 Å². The molecule has 0 radical (unpaired) electrons. The van der Waals surface area contributed by atoms with Crippen LogP contribution in [0.3, 0.4) is 0 Å². The number of ether oxygens (including phenoxy) is 1. The number of methoxy groups -OCH3 is 1. The molecular weight excluding hydrogens is 420 g/mol. The molecule has 2 heterocycles. The average molecular weight is 441 g/mol. The van der Waals surface area contributed by atoms with Crippen LogP contribution in [0.5, 0.6) is 5.75 Å². The predicted molar refractivity (Wildman–Crippen MR) is 128 cm³/mol.